The minimum Gasteiger partial charge on any atom is -0.455 e. The summed E-state index contributed by atoms with van der Waals surface area (Å²) in [6.07, 6.45) is 0. The minimum atomic E-state index is -0.832. The summed E-state index contributed by atoms with van der Waals surface area (Å²) < 4.78 is 166. The molecule has 1 heteroatoms. The van der Waals surface area contributed by atoms with Crippen LogP contribution in [-0.4, -0.2) is 0 Å². The van der Waals surface area contributed by atoms with E-state index in [1.165, 1.54) is 0 Å². The van der Waals surface area contributed by atoms with Crippen molar-refractivity contribution in [3.05, 3.63) is 133 Å². The van der Waals surface area contributed by atoms with Gasteiger partial charge in [-0.2, -0.15) is 0 Å². The van der Waals surface area contributed by atoms with E-state index in [4.69, 9.17) is 20.9 Å². The molecule has 0 atom stereocenters. The zero-order chi connectivity index (χ0) is 40.0. The minimum absolute atomic E-state index is 0.0546. The number of rotatable bonds is 2. The van der Waals surface area contributed by atoms with E-state index in [0.717, 1.165) is 0 Å². The first-order valence-electron chi connectivity index (χ1n) is 20.2. The molecule has 0 radical (unpaired) electrons. The average Bonchev–Trinajstić information content (AvgIpc) is 3.55. The number of benzene rings is 7. The van der Waals surface area contributed by atoms with Gasteiger partial charge in [-0.15, -0.1) is 0 Å². The molecule has 1 aromatic heterocycles. The Kier molecular flexibility index (Phi) is 2.01. The molecule has 8 aromatic rings. The van der Waals surface area contributed by atoms with Gasteiger partial charge in [0, 0.05) is 21.9 Å². The zero-order valence-electron chi connectivity index (χ0n) is 36.7. The van der Waals surface area contributed by atoms with Crippen LogP contribution in [0.25, 0.3) is 76.5 Å². The molecule has 0 saturated heterocycles. The van der Waals surface area contributed by atoms with Crippen LogP contribution in [-0.2, 0) is 0 Å². The molecule has 0 saturated carbocycles. The molecule has 0 fully saturated rings. The van der Waals surface area contributed by atoms with Gasteiger partial charge in [0.2, 0.25) is 0 Å². The van der Waals surface area contributed by atoms with Crippen LogP contribution in [0, 0.1) is 0 Å². The topological polar surface area (TPSA) is 13.1 Å². The normalized spacial score (nSPS) is 18.6. The van der Waals surface area contributed by atoms with Crippen molar-refractivity contribution in [2.24, 2.45) is 0 Å². The lowest BCUT2D eigenvalue weighted by molar-refractivity contribution is 0.670. The summed E-state index contributed by atoms with van der Waals surface area (Å²) >= 11 is 0. The average molecular weight is 489 g/mol. The smallest absolute Gasteiger partial charge is 0.143 e. The molecule has 0 N–H and O–H groups in total. The fourth-order valence-electron chi connectivity index (χ4n) is 4.86. The van der Waals surface area contributed by atoms with E-state index in [0.29, 0.717) is 5.39 Å². The third kappa shape index (κ3) is 2.92. The molecule has 0 aliphatic heterocycles. The highest BCUT2D eigenvalue weighted by molar-refractivity contribution is 6.25. The highest BCUT2D eigenvalue weighted by atomic mass is 16.3. The van der Waals surface area contributed by atoms with Crippen molar-refractivity contribution >= 4 is 54.3 Å². The van der Waals surface area contributed by atoms with Crippen LogP contribution in [0.15, 0.2) is 137 Å². The summed E-state index contributed by atoms with van der Waals surface area (Å²) in [6.45, 7) is 0. The van der Waals surface area contributed by atoms with E-state index in [-0.39, 0.29) is 27.7 Å². The van der Waals surface area contributed by atoms with E-state index in [1.54, 1.807) is 24.3 Å². The van der Waals surface area contributed by atoms with E-state index < -0.39 is 152 Å². The van der Waals surface area contributed by atoms with Gasteiger partial charge in [0.25, 0.3) is 0 Å². The third-order valence-corrected chi connectivity index (χ3v) is 6.39. The largest absolute Gasteiger partial charge is 0.455 e. The summed E-state index contributed by atoms with van der Waals surface area (Å²) in [7, 11) is 0. The molecule has 0 bridgehead atoms. The fourth-order valence-corrected chi connectivity index (χ4v) is 4.86. The van der Waals surface area contributed by atoms with Gasteiger partial charge in [-0.05, 0) is 49.5 Å². The Balaban J connectivity index is 1.82. The van der Waals surface area contributed by atoms with Crippen molar-refractivity contribution in [1.82, 2.24) is 0 Å². The Labute approximate surface area is 239 Å². The lowest BCUT2D eigenvalue weighted by Gasteiger charge is -2.18. The van der Waals surface area contributed by atoms with Gasteiger partial charge in [0.1, 0.15) is 11.2 Å². The monoisotopic (exact) mass is 488 g/mol. The SMILES string of the molecule is [2H]c1c([2H])c([2H])c2c(oc3ccccc32)c1-c1c2c([2H])c([2H])c([2H])c([2H])c2c(-c2c([2H])c([2H])c([2H])c3c([2H])c([2H])c([2H])c([2H])c23)c2c([2H])c([2H])c([2H])c([2H])c12. The van der Waals surface area contributed by atoms with Crippen LogP contribution in [0.2, 0.25) is 0 Å². The van der Waals surface area contributed by atoms with Crippen LogP contribution >= 0.6 is 0 Å². The first-order chi connectivity index (χ1) is 25.9. The quantitative estimate of drug-likeness (QED) is 0.221. The van der Waals surface area contributed by atoms with E-state index >= 15 is 0 Å². The highest BCUT2D eigenvalue weighted by Crippen LogP contribution is 2.47. The van der Waals surface area contributed by atoms with Crippen molar-refractivity contribution in [1.29, 1.82) is 0 Å². The lowest BCUT2D eigenvalue weighted by atomic mass is 9.84. The lowest BCUT2D eigenvalue weighted by Crippen LogP contribution is -1.91. The van der Waals surface area contributed by atoms with Gasteiger partial charge in [0.15, 0.2) is 0 Å². The Bertz CT molecular complexity index is 3040. The Hall–Kier alpha value is -4.88. The van der Waals surface area contributed by atoms with Crippen LogP contribution in [0.1, 0.15) is 24.7 Å². The number of furan rings is 1. The molecule has 7 aromatic carbocycles. The van der Waals surface area contributed by atoms with Gasteiger partial charge in [-0.3, -0.25) is 0 Å². The Morgan fingerprint density at radius 2 is 0.946 bits per heavy atom. The standard InChI is InChI=1S/C36H22O/c1-2-13-24-23(11-1)12-9-19-26(24)34-27-15-3-5-17-29(27)35(30-18-6-4-16-28(30)34)32-21-10-20-31-25-14-7-8-22-33(25)37-36(31)32/h1-22H/i1D,2D,3D,4D,5D,6D,9D,10D,11D,12D,13D,15D,16D,17D,18D,19D,20D,21D. The van der Waals surface area contributed by atoms with Gasteiger partial charge in [-0.25, -0.2) is 0 Å². The number of hydrogen-bond donors (Lipinski definition) is 0. The molecule has 0 spiro atoms. The second-order valence-electron chi connectivity index (χ2n) is 8.30. The summed E-state index contributed by atoms with van der Waals surface area (Å²) in [5.74, 6) is 0. The zero-order valence-corrected chi connectivity index (χ0v) is 18.7. The van der Waals surface area contributed by atoms with Crippen molar-refractivity contribution in [2.75, 3.05) is 0 Å². The molecule has 172 valence electrons. The van der Waals surface area contributed by atoms with Crippen LogP contribution in [0.5, 0.6) is 0 Å². The molecule has 0 unspecified atom stereocenters. The van der Waals surface area contributed by atoms with E-state index in [2.05, 4.69) is 0 Å². The van der Waals surface area contributed by atoms with E-state index in [9.17, 15) is 8.22 Å². The maximum absolute atomic E-state index is 9.29. The van der Waals surface area contributed by atoms with Gasteiger partial charge >= 0.3 is 0 Å². The summed E-state index contributed by atoms with van der Waals surface area (Å²) in [5, 5.41) is -2.49. The highest BCUT2D eigenvalue weighted by Gasteiger charge is 2.20. The maximum Gasteiger partial charge on any atom is 0.143 e. The summed E-state index contributed by atoms with van der Waals surface area (Å²) in [6, 6.07) is -7.09. The van der Waals surface area contributed by atoms with Crippen molar-refractivity contribution in [3.63, 3.8) is 0 Å². The Morgan fingerprint density at radius 3 is 1.68 bits per heavy atom. The summed E-state index contributed by atoms with van der Waals surface area (Å²) in [5.41, 5.74) is -1.72. The predicted molar refractivity (Wildman–Crippen MR) is 157 cm³/mol. The van der Waals surface area contributed by atoms with Crippen molar-refractivity contribution in [3.8, 4) is 22.3 Å². The molecule has 0 amide bonds. The Morgan fingerprint density at radius 1 is 0.432 bits per heavy atom. The van der Waals surface area contributed by atoms with Crippen molar-refractivity contribution < 1.29 is 29.1 Å². The maximum atomic E-state index is 9.29. The molecule has 37 heavy (non-hydrogen) atoms. The van der Waals surface area contributed by atoms with Crippen LogP contribution in [0.3, 0.4) is 0 Å². The summed E-state index contributed by atoms with van der Waals surface area (Å²) in [4.78, 5) is 0. The molecule has 0 aliphatic rings. The molecule has 1 nitrogen and oxygen atoms in total. The van der Waals surface area contributed by atoms with Crippen LogP contribution < -0.4 is 0 Å². The molecule has 8 rings (SSSR count). The fraction of sp³-hybridized carbons (Fsp3) is 0. The third-order valence-electron chi connectivity index (χ3n) is 6.39. The van der Waals surface area contributed by atoms with Gasteiger partial charge < -0.3 is 4.42 Å². The van der Waals surface area contributed by atoms with Gasteiger partial charge in [-0.1, -0.05) is 127 Å². The predicted octanol–water partition coefficient (Wildman–Crippen LogP) is 10.4. The molecule has 0 aliphatic carbocycles. The first-order valence-corrected chi connectivity index (χ1v) is 11.2. The van der Waals surface area contributed by atoms with E-state index in [1.807, 2.05) is 0 Å². The molecular weight excluding hydrogens is 448 g/mol. The van der Waals surface area contributed by atoms with Crippen LogP contribution in [0.4, 0.5) is 0 Å². The second-order valence-corrected chi connectivity index (χ2v) is 8.30. The van der Waals surface area contributed by atoms with Gasteiger partial charge in [0.05, 0.1) is 24.7 Å². The molecule has 1 heterocycles. The number of fused-ring (bicyclic) bond motifs is 6. The molecular formula is C36H22O. The first kappa shape index (κ1) is 9.53. The number of para-hydroxylation sites is 2. The number of hydrogen-bond acceptors (Lipinski definition) is 1. The van der Waals surface area contributed by atoms with Crippen molar-refractivity contribution in [2.45, 2.75) is 0 Å². The second kappa shape index (κ2) is 7.81.